The molecule has 26 heavy (non-hydrogen) atoms. The monoisotopic (exact) mass is 365 g/mol. The molecule has 1 unspecified atom stereocenters. The van der Waals surface area contributed by atoms with Gasteiger partial charge in [0.1, 0.15) is 0 Å². The number of primary amides is 1. The lowest BCUT2D eigenvalue weighted by Crippen LogP contribution is -2.39. The molecule has 0 spiro atoms. The lowest BCUT2D eigenvalue weighted by atomic mass is 10.0. The minimum absolute atomic E-state index is 0.0700. The van der Waals surface area contributed by atoms with Gasteiger partial charge in [-0.05, 0) is 38.9 Å². The highest BCUT2D eigenvalue weighted by atomic mass is 16.2. The third-order valence-corrected chi connectivity index (χ3v) is 3.85. The molecule has 0 aromatic rings. The average molecular weight is 365 g/mol. The Kier molecular flexibility index (Phi) is 24.3. The fourth-order valence-corrected chi connectivity index (χ4v) is 2.04. The van der Waals surface area contributed by atoms with Gasteiger partial charge in [-0.2, -0.15) is 5.82 Å². The zero-order valence-electron chi connectivity index (χ0n) is 18.0. The van der Waals surface area contributed by atoms with E-state index in [1.54, 1.807) is 11.9 Å². The number of nitrogens with zero attached hydrogens (tertiary/aromatic N) is 2. The van der Waals surface area contributed by atoms with Crippen molar-refractivity contribution in [3.8, 4) is 11.7 Å². The number of rotatable bonds is 9. The molecule has 0 aromatic heterocycles. The normalized spacial score (nSPS) is 10.5. The van der Waals surface area contributed by atoms with Gasteiger partial charge >= 0.3 is 0 Å². The second-order valence-electron chi connectivity index (χ2n) is 6.47. The van der Waals surface area contributed by atoms with Gasteiger partial charge in [-0.15, -0.1) is 0 Å². The summed E-state index contributed by atoms with van der Waals surface area (Å²) in [5, 5.41) is 0. The number of hydrogen-bond donors (Lipinski definition) is 1. The summed E-state index contributed by atoms with van der Waals surface area (Å²) in [6.45, 7) is 13.0. The predicted molar refractivity (Wildman–Crippen MR) is 113 cm³/mol. The van der Waals surface area contributed by atoms with E-state index in [2.05, 4.69) is 50.2 Å². The van der Waals surface area contributed by atoms with E-state index >= 15 is 0 Å². The van der Waals surface area contributed by atoms with Gasteiger partial charge in [-0.25, -0.2) is 0 Å². The van der Waals surface area contributed by atoms with Gasteiger partial charge < -0.3 is 15.5 Å². The van der Waals surface area contributed by atoms with E-state index in [4.69, 9.17) is 12.6 Å². The van der Waals surface area contributed by atoms with E-state index in [0.717, 1.165) is 12.8 Å². The fourth-order valence-electron chi connectivity index (χ4n) is 2.04. The van der Waals surface area contributed by atoms with Crippen molar-refractivity contribution in [1.29, 1.82) is 0 Å². The molecule has 0 aromatic carbocycles. The van der Waals surface area contributed by atoms with Crippen molar-refractivity contribution in [2.45, 2.75) is 72.8 Å². The van der Waals surface area contributed by atoms with Crippen LogP contribution in [0.4, 0.5) is 0 Å². The highest BCUT2D eigenvalue weighted by Gasteiger charge is 2.19. The van der Waals surface area contributed by atoms with Gasteiger partial charge in [0.25, 0.3) is 0 Å². The standard InChI is InChI=1S/C12H20BNO.C7H17N.CH3NO/c1-5-6-7-12(15)14(4)11(8-9-13)10(2)3;1-4-6-7-8(3)5-2;2-1-3/h10-11H,5-7H2,1-4H3;4-7H2,1-3H3;1H,(H2,2,3). The Labute approximate surface area is 163 Å². The van der Waals surface area contributed by atoms with E-state index in [-0.39, 0.29) is 18.4 Å². The van der Waals surface area contributed by atoms with Crippen LogP contribution in [0.3, 0.4) is 0 Å². The van der Waals surface area contributed by atoms with Crippen LogP contribution in [0.1, 0.15) is 66.7 Å². The quantitative estimate of drug-likeness (QED) is 0.388. The summed E-state index contributed by atoms with van der Waals surface area (Å²) in [7, 11) is 9.17. The van der Waals surface area contributed by atoms with Gasteiger partial charge in [0.15, 0.2) is 7.85 Å². The molecule has 0 aliphatic heterocycles. The molecule has 0 heterocycles. The van der Waals surface area contributed by atoms with Crippen LogP contribution in [-0.2, 0) is 9.59 Å². The van der Waals surface area contributed by atoms with Gasteiger partial charge in [0, 0.05) is 13.5 Å². The van der Waals surface area contributed by atoms with Gasteiger partial charge in [-0.3, -0.25) is 9.59 Å². The zero-order valence-corrected chi connectivity index (χ0v) is 18.0. The lowest BCUT2D eigenvalue weighted by Gasteiger charge is -2.27. The van der Waals surface area contributed by atoms with Crippen molar-refractivity contribution in [3.05, 3.63) is 0 Å². The average Bonchev–Trinajstić information content (AvgIpc) is 2.62. The maximum Gasteiger partial charge on any atom is 0.223 e. The van der Waals surface area contributed by atoms with Gasteiger partial charge in [0.2, 0.25) is 12.3 Å². The molecule has 0 bridgehead atoms. The minimum atomic E-state index is -0.0700. The van der Waals surface area contributed by atoms with Crippen LogP contribution >= 0.6 is 0 Å². The molecule has 0 saturated heterocycles. The Hall–Kier alpha value is -1.48. The number of nitrogens with two attached hydrogens (primary N) is 1. The van der Waals surface area contributed by atoms with Crippen LogP contribution in [0.5, 0.6) is 0 Å². The third kappa shape index (κ3) is 18.9. The van der Waals surface area contributed by atoms with Crippen LogP contribution in [0, 0.1) is 17.7 Å². The molecule has 2 amide bonds. The molecular formula is C20H40BN3O2. The predicted octanol–water partition coefficient (Wildman–Crippen LogP) is 2.63. The number of carbonyl (C=O) groups is 2. The number of amides is 2. The number of carbonyl (C=O) groups excluding carboxylic acids is 2. The molecule has 0 aliphatic carbocycles. The largest absolute Gasteiger partial charge is 0.372 e. The van der Waals surface area contributed by atoms with Crippen LogP contribution in [0.25, 0.3) is 0 Å². The summed E-state index contributed by atoms with van der Waals surface area (Å²) in [5.74, 6) is 5.72. The molecule has 150 valence electrons. The van der Waals surface area contributed by atoms with Crippen LogP contribution in [0.2, 0.25) is 0 Å². The van der Waals surface area contributed by atoms with Crippen molar-refractivity contribution in [1.82, 2.24) is 9.80 Å². The highest BCUT2D eigenvalue weighted by Crippen LogP contribution is 2.10. The van der Waals surface area contributed by atoms with Gasteiger partial charge in [0.05, 0.1) is 6.04 Å². The second-order valence-corrected chi connectivity index (χ2v) is 6.47. The summed E-state index contributed by atoms with van der Waals surface area (Å²) in [6, 6.07) is -0.0700. The maximum atomic E-state index is 11.7. The van der Waals surface area contributed by atoms with Crippen molar-refractivity contribution in [2.75, 3.05) is 27.2 Å². The van der Waals surface area contributed by atoms with E-state index in [1.165, 1.54) is 25.9 Å². The van der Waals surface area contributed by atoms with Crippen molar-refractivity contribution >= 4 is 20.2 Å². The molecule has 0 rings (SSSR count). The van der Waals surface area contributed by atoms with Gasteiger partial charge in [-0.1, -0.05) is 53.4 Å². The summed E-state index contributed by atoms with van der Waals surface area (Å²) in [5.41, 5.74) is 4.17. The Morgan fingerprint density at radius 2 is 1.65 bits per heavy atom. The Morgan fingerprint density at radius 1 is 1.15 bits per heavy atom. The van der Waals surface area contributed by atoms with E-state index in [9.17, 15) is 4.79 Å². The molecule has 2 N–H and O–H groups in total. The highest BCUT2D eigenvalue weighted by molar-refractivity contribution is 6.22. The molecule has 6 heteroatoms. The van der Waals surface area contributed by atoms with Crippen LogP contribution in [-0.4, -0.2) is 63.2 Å². The summed E-state index contributed by atoms with van der Waals surface area (Å²) in [6.07, 6.45) is 5.47. The van der Waals surface area contributed by atoms with E-state index in [0.29, 0.717) is 12.3 Å². The number of unbranched alkanes of at least 4 members (excludes halogenated alkanes) is 2. The molecule has 1 atom stereocenters. The molecule has 5 nitrogen and oxygen atoms in total. The van der Waals surface area contributed by atoms with Crippen molar-refractivity contribution in [3.63, 3.8) is 0 Å². The summed E-state index contributed by atoms with van der Waals surface area (Å²) < 4.78 is 0. The lowest BCUT2D eigenvalue weighted by molar-refractivity contribution is -0.131. The first-order valence-electron chi connectivity index (χ1n) is 9.57. The molecule has 0 aliphatic rings. The number of hydrogen-bond acceptors (Lipinski definition) is 3. The SMILES string of the molecule is CCCCN(C)CC.NC=O.[B]C#CC(C(C)C)N(C)C(=O)CCCC. The first kappa shape index (κ1) is 29.3. The van der Waals surface area contributed by atoms with Crippen molar-refractivity contribution in [2.24, 2.45) is 11.7 Å². The topological polar surface area (TPSA) is 66.6 Å². The zero-order chi connectivity index (χ0) is 21.0. The smallest absolute Gasteiger partial charge is 0.223 e. The molecule has 2 radical (unpaired) electrons. The van der Waals surface area contributed by atoms with E-state index in [1.807, 2.05) is 13.8 Å². The molecule has 0 fully saturated rings. The Morgan fingerprint density at radius 3 is 2.00 bits per heavy atom. The summed E-state index contributed by atoms with van der Waals surface area (Å²) in [4.78, 5) is 24.4. The van der Waals surface area contributed by atoms with Crippen molar-refractivity contribution < 1.29 is 9.59 Å². The first-order chi connectivity index (χ1) is 12.3. The van der Waals surface area contributed by atoms with Crippen LogP contribution in [0.15, 0.2) is 0 Å². The summed E-state index contributed by atoms with van der Waals surface area (Å²) >= 11 is 0. The second kappa shape index (κ2) is 21.6. The fraction of sp³-hybridized carbons (Fsp3) is 0.800. The first-order valence-corrected chi connectivity index (χ1v) is 9.57. The Bertz CT molecular complexity index is 392. The van der Waals surface area contributed by atoms with E-state index < -0.39 is 0 Å². The minimum Gasteiger partial charge on any atom is -0.372 e. The maximum absolute atomic E-state index is 11.7. The van der Waals surface area contributed by atoms with Crippen LogP contribution < -0.4 is 5.73 Å². The molecular weight excluding hydrogens is 325 g/mol. The third-order valence-electron chi connectivity index (χ3n) is 3.85. The Balaban J connectivity index is -0.000000402. The molecule has 0 saturated carbocycles.